The average molecular weight is 360 g/mol. The molecule has 0 atom stereocenters. The molecule has 0 saturated carbocycles. The smallest absolute Gasteiger partial charge is 0.123 e. The highest BCUT2D eigenvalue weighted by Gasteiger charge is 2.17. The van der Waals surface area contributed by atoms with Crippen LogP contribution < -0.4 is 0 Å². The average Bonchev–Trinajstić information content (AvgIpc) is 3.07. The van der Waals surface area contributed by atoms with Crippen molar-refractivity contribution in [2.24, 2.45) is 4.99 Å². The zero-order valence-corrected chi connectivity index (χ0v) is 15.4. The predicted octanol–water partition coefficient (Wildman–Crippen LogP) is 4.68. The van der Waals surface area contributed by atoms with Gasteiger partial charge in [0.05, 0.1) is 30.0 Å². The van der Waals surface area contributed by atoms with Crippen LogP contribution in [0.2, 0.25) is 0 Å². The minimum absolute atomic E-state index is 0.276. The molecular weight excluding hydrogens is 339 g/mol. The normalized spacial score (nSPS) is 11.9. The van der Waals surface area contributed by atoms with Gasteiger partial charge in [-0.05, 0) is 48.9 Å². The van der Waals surface area contributed by atoms with Gasteiger partial charge in [-0.2, -0.15) is 0 Å². The van der Waals surface area contributed by atoms with Crippen LogP contribution in [0.4, 0.5) is 4.39 Å². The minimum atomic E-state index is -0.276. The lowest BCUT2D eigenvalue weighted by atomic mass is 10.1. The summed E-state index contributed by atoms with van der Waals surface area (Å²) in [5.74, 6) is -0.276. The van der Waals surface area contributed by atoms with Gasteiger partial charge in [-0.15, -0.1) is 0 Å². The Hall–Kier alpha value is -3.34. The van der Waals surface area contributed by atoms with Crippen LogP contribution in [0, 0.1) is 5.82 Å². The first kappa shape index (κ1) is 18.5. The van der Waals surface area contributed by atoms with Gasteiger partial charge in [-0.1, -0.05) is 24.3 Å². The van der Waals surface area contributed by atoms with Crippen LogP contribution in [0.3, 0.4) is 0 Å². The highest BCUT2D eigenvalue weighted by Crippen LogP contribution is 2.24. The van der Waals surface area contributed by atoms with Crippen LogP contribution in [0.25, 0.3) is 11.3 Å². The van der Waals surface area contributed by atoms with Crippen molar-refractivity contribution in [3.8, 4) is 11.3 Å². The molecule has 0 bridgehead atoms. The molecule has 5 heteroatoms. The van der Waals surface area contributed by atoms with E-state index in [2.05, 4.69) is 21.5 Å². The van der Waals surface area contributed by atoms with Gasteiger partial charge in [0.15, 0.2) is 0 Å². The molecule has 0 amide bonds. The first-order valence-corrected chi connectivity index (χ1v) is 8.59. The number of nitrogens with zero attached hydrogens (tertiary/aromatic N) is 4. The van der Waals surface area contributed by atoms with Crippen LogP contribution >= 0.6 is 0 Å². The summed E-state index contributed by atoms with van der Waals surface area (Å²) >= 11 is 0. The molecule has 136 valence electrons. The number of hydrogen-bond donors (Lipinski definition) is 0. The molecule has 0 fully saturated rings. The lowest BCUT2D eigenvalue weighted by Gasteiger charge is -2.11. The third kappa shape index (κ3) is 4.44. The van der Waals surface area contributed by atoms with E-state index >= 15 is 0 Å². The van der Waals surface area contributed by atoms with Crippen LogP contribution in [0.1, 0.15) is 18.2 Å². The number of benzene rings is 1. The maximum Gasteiger partial charge on any atom is 0.123 e. The molecular formula is C22H21FN4. The molecule has 0 aliphatic rings. The molecule has 0 aliphatic carbocycles. The Kier molecular flexibility index (Phi) is 5.71. The van der Waals surface area contributed by atoms with Crippen LogP contribution in [-0.4, -0.2) is 27.3 Å². The second kappa shape index (κ2) is 8.36. The maximum atomic E-state index is 13.4. The van der Waals surface area contributed by atoms with Crippen molar-refractivity contribution < 1.29 is 4.39 Å². The fraction of sp³-hybridized carbons (Fsp3) is 0.136. The summed E-state index contributed by atoms with van der Waals surface area (Å²) in [4.78, 5) is 13.2. The lowest BCUT2D eigenvalue weighted by Crippen LogP contribution is -2.10. The summed E-state index contributed by atoms with van der Waals surface area (Å²) in [7, 11) is 1.74. The van der Waals surface area contributed by atoms with E-state index in [0.717, 1.165) is 33.8 Å². The van der Waals surface area contributed by atoms with E-state index in [0.29, 0.717) is 6.54 Å². The molecule has 0 aliphatic heterocycles. The van der Waals surface area contributed by atoms with E-state index < -0.39 is 0 Å². The topological polar surface area (TPSA) is 43.1 Å². The van der Waals surface area contributed by atoms with E-state index in [-0.39, 0.29) is 5.82 Å². The molecule has 1 aromatic carbocycles. The van der Waals surface area contributed by atoms with Gasteiger partial charge in [0.1, 0.15) is 5.82 Å². The maximum absolute atomic E-state index is 13.4. The molecule has 27 heavy (non-hydrogen) atoms. The summed E-state index contributed by atoms with van der Waals surface area (Å²) < 4.78 is 15.4. The Morgan fingerprint density at radius 1 is 1.22 bits per heavy atom. The number of allylic oxidation sites excluding steroid dienone is 3. The standard InChI is InChI=1S/C22H21FN4/c1-16(2)6-11-20(24-3)22-21(18-7-9-19(23)10-8-18)26-15-27(22)14-17-5-4-12-25-13-17/h4-13,15H,1,14H2,2-3H3/b11-6-,24-20?. The summed E-state index contributed by atoms with van der Waals surface area (Å²) in [5, 5.41) is 0. The fourth-order valence-corrected chi connectivity index (χ4v) is 2.76. The number of imidazole rings is 1. The van der Waals surface area contributed by atoms with Crippen LogP contribution in [-0.2, 0) is 6.54 Å². The number of aromatic nitrogens is 3. The summed E-state index contributed by atoms with van der Waals surface area (Å²) in [6.45, 7) is 6.45. The molecule has 3 rings (SSSR count). The zero-order valence-electron chi connectivity index (χ0n) is 15.4. The molecule has 4 nitrogen and oxygen atoms in total. The van der Waals surface area contributed by atoms with Crippen molar-refractivity contribution in [2.75, 3.05) is 7.05 Å². The van der Waals surface area contributed by atoms with Gasteiger partial charge < -0.3 is 4.57 Å². The molecule has 0 spiro atoms. The largest absolute Gasteiger partial charge is 0.324 e. The van der Waals surface area contributed by atoms with E-state index in [1.807, 2.05) is 42.0 Å². The Morgan fingerprint density at radius 3 is 2.63 bits per heavy atom. The molecule has 0 radical (unpaired) electrons. The first-order valence-electron chi connectivity index (χ1n) is 8.59. The van der Waals surface area contributed by atoms with E-state index in [1.54, 1.807) is 31.7 Å². The van der Waals surface area contributed by atoms with Crippen LogP contribution in [0.5, 0.6) is 0 Å². The van der Waals surface area contributed by atoms with Crippen molar-refractivity contribution in [3.63, 3.8) is 0 Å². The van der Waals surface area contributed by atoms with Crippen LogP contribution in [0.15, 0.2) is 84.4 Å². The second-order valence-corrected chi connectivity index (χ2v) is 6.23. The van der Waals surface area contributed by atoms with Crippen molar-refractivity contribution in [1.29, 1.82) is 0 Å². The number of aliphatic imine (C=N–C) groups is 1. The molecule has 0 unspecified atom stereocenters. The molecule has 0 saturated heterocycles. The van der Waals surface area contributed by atoms with Gasteiger partial charge in [0, 0.05) is 25.0 Å². The molecule has 0 N–H and O–H groups in total. The lowest BCUT2D eigenvalue weighted by molar-refractivity contribution is 0.628. The van der Waals surface area contributed by atoms with Crippen molar-refractivity contribution >= 4 is 5.71 Å². The molecule has 2 heterocycles. The quantitative estimate of drug-likeness (QED) is 0.473. The Labute approximate surface area is 158 Å². The fourth-order valence-electron chi connectivity index (χ4n) is 2.76. The van der Waals surface area contributed by atoms with Crippen molar-refractivity contribution in [1.82, 2.24) is 14.5 Å². The zero-order chi connectivity index (χ0) is 19.2. The van der Waals surface area contributed by atoms with Gasteiger partial charge >= 0.3 is 0 Å². The number of rotatable bonds is 6. The Balaban J connectivity index is 2.11. The third-order valence-corrected chi connectivity index (χ3v) is 4.04. The van der Waals surface area contributed by atoms with Crippen molar-refractivity contribution in [3.05, 3.63) is 96.5 Å². The van der Waals surface area contributed by atoms with Gasteiger partial charge in [-0.25, -0.2) is 9.37 Å². The van der Waals surface area contributed by atoms with E-state index in [9.17, 15) is 4.39 Å². The monoisotopic (exact) mass is 360 g/mol. The predicted molar refractivity (Wildman–Crippen MR) is 107 cm³/mol. The number of halogens is 1. The van der Waals surface area contributed by atoms with Crippen molar-refractivity contribution in [2.45, 2.75) is 13.5 Å². The highest BCUT2D eigenvalue weighted by molar-refractivity contribution is 6.11. The van der Waals surface area contributed by atoms with Gasteiger partial charge in [0.25, 0.3) is 0 Å². The Morgan fingerprint density at radius 2 is 2.00 bits per heavy atom. The summed E-state index contributed by atoms with van der Waals surface area (Å²) in [6.07, 6.45) is 9.19. The number of hydrogen-bond acceptors (Lipinski definition) is 3. The Bertz CT molecular complexity index is 983. The van der Waals surface area contributed by atoms with E-state index in [1.165, 1.54) is 12.1 Å². The SMILES string of the molecule is C=C(C)/C=C\C(=NC)c1c(-c2ccc(F)cc2)ncn1Cc1cccnc1. The minimum Gasteiger partial charge on any atom is -0.324 e. The summed E-state index contributed by atoms with van der Waals surface area (Å²) in [5.41, 5.74) is 5.22. The number of pyridine rings is 1. The molecule has 3 aromatic rings. The third-order valence-electron chi connectivity index (χ3n) is 4.04. The molecule has 2 aromatic heterocycles. The summed E-state index contributed by atoms with van der Waals surface area (Å²) in [6, 6.07) is 10.2. The van der Waals surface area contributed by atoms with E-state index in [4.69, 9.17) is 0 Å². The second-order valence-electron chi connectivity index (χ2n) is 6.23. The van der Waals surface area contributed by atoms with Gasteiger partial charge in [0.2, 0.25) is 0 Å². The van der Waals surface area contributed by atoms with Gasteiger partial charge in [-0.3, -0.25) is 9.98 Å². The highest BCUT2D eigenvalue weighted by atomic mass is 19.1. The first-order chi connectivity index (χ1) is 13.1.